The van der Waals surface area contributed by atoms with Crippen molar-refractivity contribution in [3.05, 3.63) is 47.6 Å². The van der Waals surface area contributed by atoms with Gasteiger partial charge in [0.25, 0.3) is 5.89 Å². The average Bonchev–Trinajstić information content (AvgIpc) is 3.17. The molecule has 1 aromatic heterocycles. The Morgan fingerprint density at radius 1 is 1.38 bits per heavy atom. The first kappa shape index (κ1) is 13.8. The van der Waals surface area contributed by atoms with Crippen molar-refractivity contribution in [2.75, 3.05) is 13.1 Å². The molecule has 1 N–H and O–H groups in total. The second-order valence-electron chi connectivity index (χ2n) is 5.19. The Kier molecular flexibility index (Phi) is 3.96. The van der Waals surface area contributed by atoms with Gasteiger partial charge in [-0.05, 0) is 12.0 Å². The Labute approximate surface area is 122 Å². The lowest BCUT2D eigenvalue weighted by molar-refractivity contribution is -0.129. The molecule has 1 atom stereocenters. The highest BCUT2D eigenvalue weighted by molar-refractivity contribution is 5.79. The van der Waals surface area contributed by atoms with Gasteiger partial charge in [0.05, 0.1) is 6.42 Å². The van der Waals surface area contributed by atoms with Crippen LogP contribution in [0.2, 0.25) is 0 Å². The van der Waals surface area contributed by atoms with Gasteiger partial charge in [0.15, 0.2) is 5.82 Å². The quantitative estimate of drug-likeness (QED) is 0.911. The molecule has 1 aliphatic rings. The van der Waals surface area contributed by atoms with Gasteiger partial charge in [-0.25, -0.2) is 0 Å². The summed E-state index contributed by atoms with van der Waals surface area (Å²) in [7, 11) is 0. The van der Waals surface area contributed by atoms with Crippen molar-refractivity contribution in [2.24, 2.45) is 0 Å². The highest BCUT2D eigenvalue weighted by Crippen LogP contribution is 2.25. The van der Waals surface area contributed by atoms with E-state index in [-0.39, 0.29) is 24.3 Å². The van der Waals surface area contributed by atoms with E-state index in [1.54, 1.807) is 0 Å². The van der Waals surface area contributed by atoms with Crippen LogP contribution in [0.25, 0.3) is 0 Å². The Morgan fingerprint density at radius 3 is 2.90 bits per heavy atom. The van der Waals surface area contributed by atoms with Crippen LogP contribution >= 0.6 is 0 Å². The smallest absolute Gasteiger partial charge is 0.252 e. The molecule has 6 nitrogen and oxygen atoms in total. The number of nitrogens with zero attached hydrogens (tertiary/aromatic N) is 3. The van der Waals surface area contributed by atoms with E-state index in [1.165, 1.54) is 0 Å². The maximum atomic E-state index is 12.3. The van der Waals surface area contributed by atoms with Crippen LogP contribution in [0.5, 0.6) is 0 Å². The van der Waals surface area contributed by atoms with Gasteiger partial charge in [-0.1, -0.05) is 35.5 Å². The minimum Gasteiger partial charge on any atom is -0.387 e. The summed E-state index contributed by atoms with van der Waals surface area (Å²) in [5.41, 5.74) is 1.02. The number of likely N-dealkylation sites (tertiary alicyclic amines) is 1. The molecule has 1 amide bonds. The first-order valence-electron chi connectivity index (χ1n) is 7.01. The summed E-state index contributed by atoms with van der Waals surface area (Å²) in [4.78, 5) is 18.2. The zero-order valence-electron chi connectivity index (χ0n) is 11.6. The monoisotopic (exact) mass is 287 g/mol. The molecular weight excluding hydrogens is 270 g/mol. The highest BCUT2D eigenvalue weighted by Gasteiger charge is 2.30. The van der Waals surface area contributed by atoms with E-state index in [9.17, 15) is 4.79 Å². The van der Waals surface area contributed by atoms with E-state index in [0.717, 1.165) is 12.0 Å². The van der Waals surface area contributed by atoms with Gasteiger partial charge in [-0.2, -0.15) is 4.98 Å². The van der Waals surface area contributed by atoms with Gasteiger partial charge in [0.1, 0.15) is 6.61 Å². The van der Waals surface area contributed by atoms with Crippen LogP contribution in [0, 0.1) is 0 Å². The molecule has 0 bridgehead atoms. The lowest BCUT2D eigenvalue weighted by atomic mass is 10.1. The summed E-state index contributed by atoms with van der Waals surface area (Å²) in [6.07, 6.45) is 1.24. The van der Waals surface area contributed by atoms with Gasteiger partial charge < -0.3 is 14.5 Å². The Balaban J connectivity index is 1.60. The van der Waals surface area contributed by atoms with Gasteiger partial charge in [0.2, 0.25) is 5.91 Å². The summed E-state index contributed by atoms with van der Waals surface area (Å²) in [5, 5.41) is 12.8. The van der Waals surface area contributed by atoms with E-state index in [0.29, 0.717) is 25.3 Å². The Hall–Kier alpha value is -2.21. The topological polar surface area (TPSA) is 79.5 Å². The number of amides is 1. The normalized spacial score (nSPS) is 18.1. The molecule has 6 heteroatoms. The minimum absolute atomic E-state index is 0.0915. The number of benzene rings is 1. The number of carbonyl (C=O) groups excluding carboxylic acids is 1. The molecule has 1 saturated heterocycles. The molecule has 3 rings (SSSR count). The number of rotatable bonds is 4. The molecule has 1 aromatic carbocycles. The third-order valence-corrected chi connectivity index (χ3v) is 3.72. The predicted molar refractivity (Wildman–Crippen MR) is 74.3 cm³/mol. The first-order valence-corrected chi connectivity index (χ1v) is 7.01. The van der Waals surface area contributed by atoms with E-state index >= 15 is 0 Å². The molecule has 1 fully saturated rings. The number of carbonyl (C=O) groups is 1. The van der Waals surface area contributed by atoms with Crippen molar-refractivity contribution in [1.29, 1.82) is 0 Å². The minimum atomic E-state index is -0.254. The van der Waals surface area contributed by atoms with Crippen LogP contribution in [-0.2, 0) is 17.8 Å². The van der Waals surface area contributed by atoms with E-state index in [4.69, 9.17) is 9.63 Å². The summed E-state index contributed by atoms with van der Waals surface area (Å²) in [5.74, 6) is 1.01. The molecule has 110 valence electrons. The van der Waals surface area contributed by atoms with Crippen LogP contribution < -0.4 is 0 Å². The van der Waals surface area contributed by atoms with E-state index < -0.39 is 0 Å². The molecule has 0 saturated carbocycles. The summed E-state index contributed by atoms with van der Waals surface area (Å²) < 4.78 is 4.90. The fourth-order valence-corrected chi connectivity index (χ4v) is 2.58. The van der Waals surface area contributed by atoms with Gasteiger partial charge in [-0.3, -0.25) is 4.79 Å². The molecule has 1 aliphatic heterocycles. The van der Waals surface area contributed by atoms with Gasteiger partial charge >= 0.3 is 0 Å². The molecule has 0 aliphatic carbocycles. The third kappa shape index (κ3) is 3.11. The van der Waals surface area contributed by atoms with Crippen LogP contribution in [0.15, 0.2) is 34.9 Å². The molecule has 21 heavy (non-hydrogen) atoms. The molecule has 2 heterocycles. The standard InChI is InChI=1S/C15H17N3O3/c19-10-13-16-15(17-21-13)12-6-7-18(9-12)14(20)8-11-4-2-1-3-5-11/h1-5,12,19H,6-10H2. The van der Waals surface area contributed by atoms with Crippen LogP contribution in [0.3, 0.4) is 0 Å². The number of hydrogen-bond donors (Lipinski definition) is 1. The number of hydrogen-bond acceptors (Lipinski definition) is 5. The summed E-state index contributed by atoms with van der Waals surface area (Å²) >= 11 is 0. The van der Waals surface area contributed by atoms with Crippen molar-refractivity contribution in [1.82, 2.24) is 15.0 Å². The van der Waals surface area contributed by atoms with E-state index in [1.807, 2.05) is 35.2 Å². The Morgan fingerprint density at radius 2 is 2.19 bits per heavy atom. The number of aliphatic hydroxyl groups excluding tert-OH is 1. The van der Waals surface area contributed by atoms with Crippen LogP contribution in [0.1, 0.15) is 29.6 Å². The van der Waals surface area contributed by atoms with Crippen molar-refractivity contribution in [3.63, 3.8) is 0 Å². The molecule has 1 unspecified atom stereocenters. The van der Waals surface area contributed by atoms with E-state index in [2.05, 4.69) is 10.1 Å². The second-order valence-corrected chi connectivity index (χ2v) is 5.19. The number of aromatic nitrogens is 2. The third-order valence-electron chi connectivity index (χ3n) is 3.72. The summed E-state index contributed by atoms with van der Waals surface area (Å²) in [6.45, 7) is 1.06. The van der Waals surface area contributed by atoms with Crippen molar-refractivity contribution >= 4 is 5.91 Å². The van der Waals surface area contributed by atoms with Crippen molar-refractivity contribution < 1.29 is 14.4 Å². The predicted octanol–water partition coefficient (Wildman–Crippen LogP) is 1.12. The fraction of sp³-hybridized carbons (Fsp3) is 0.400. The molecular formula is C15H17N3O3. The molecule has 0 radical (unpaired) electrons. The molecule has 2 aromatic rings. The summed E-state index contributed by atoms with van der Waals surface area (Å²) in [6, 6.07) is 9.72. The fourth-order valence-electron chi connectivity index (χ4n) is 2.58. The second kappa shape index (κ2) is 6.05. The first-order chi connectivity index (χ1) is 10.3. The van der Waals surface area contributed by atoms with Crippen molar-refractivity contribution in [2.45, 2.75) is 25.4 Å². The van der Waals surface area contributed by atoms with Crippen LogP contribution in [-0.4, -0.2) is 39.1 Å². The average molecular weight is 287 g/mol. The largest absolute Gasteiger partial charge is 0.387 e. The Bertz CT molecular complexity index is 612. The zero-order valence-corrected chi connectivity index (χ0v) is 11.6. The van der Waals surface area contributed by atoms with Crippen LogP contribution in [0.4, 0.5) is 0 Å². The SMILES string of the molecule is O=C(Cc1ccccc1)N1CCC(c2noc(CO)n2)C1. The maximum absolute atomic E-state index is 12.3. The lowest BCUT2D eigenvalue weighted by Gasteiger charge is -2.15. The molecule has 0 spiro atoms. The maximum Gasteiger partial charge on any atom is 0.252 e. The van der Waals surface area contributed by atoms with Gasteiger partial charge in [0, 0.05) is 19.0 Å². The van der Waals surface area contributed by atoms with Crippen molar-refractivity contribution in [3.8, 4) is 0 Å². The number of aliphatic hydroxyl groups is 1. The highest BCUT2D eigenvalue weighted by atomic mass is 16.5. The van der Waals surface area contributed by atoms with Gasteiger partial charge in [-0.15, -0.1) is 0 Å². The lowest BCUT2D eigenvalue weighted by Crippen LogP contribution is -2.29. The zero-order chi connectivity index (χ0) is 14.7.